The number of anilines is 1. The van der Waals surface area contributed by atoms with Crippen molar-refractivity contribution in [1.29, 1.82) is 0 Å². The average Bonchev–Trinajstić information content (AvgIpc) is 2.72. The van der Waals surface area contributed by atoms with E-state index in [-0.39, 0.29) is 5.91 Å². The van der Waals surface area contributed by atoms with Gasteiger partial charge in [-0.3, -0.25) is 4.79 Å². The molecule has 0 aliphatic carbocycles. The molecular weight excluding hydrogens is 330 g/mol. The minimum Gasteiger partial charge on any atom is -0.493 e. The molecule has 26 heavy (non-hydrogen) atoms. The van der Waals surface area contributed by atoms with Crippen LogP contribution in [0.4, 0.5) is 5.82 Å². The van der Waals surface area contributed by atoms with E-state index in [2.05, 4.69) is 15.2 Å². The molecule has 0 bridgehead atoms. The Bertz CT molecular complexity index is 728. The van der Waals surface area contributed by atoms with Crippen LogP contribution in [-0.4, -0.2) is 44.7 Å². The van der Waals surface area contributed by atoms with Gasteiger partial charge in [0.1, 0.15) is 5.82 Å². The van der Waals surface area contributed by atoms with Crippen LogP contribution in [0.2, 0.25) is 0 Å². The summed E-state index contributed by atoms with van der Waals surface area (Å²) in [7, 11) is 3.14. The molecule has 1 N–H and O–H groups in total. The SMILES string of the molecule is COc1ccc(C(=O)NCC2CCN(c3ccccn3)CC2)cc1OC. The highest BCUT2D eigenvalue weighted by Gasteiger charge is 2.21. The van der Waals surface area contributed by atoms with Gasteiger partial charge in [0.15, 0.2) is 11.5 Å². The van der Waals surface area contributed by atoms with E-state index < -0.39 is 0 Å². The quantitative estimate of drug-likeness (QED) is 0.863. The van der Waals surface area contributed by atoms with Crippen LogP contribution < -0.4 is 19.7 Å². The van der Waals surface area contributed by atoms with E-state index in [1.165, 1.54) is 0 Å². The molecule has 2 heterocycles. The number of benzene rings is 1. The average molecular weight is 355 g/mol. The number of carbonyl (C=O) groups excluding carboxylic acids is 1. The van der Waals surface area contributed by atoms with E-state index in [1.807, 2.05) is 24.4 Å². The third kappa shape index (κ3) is 4.25. The number of carbonyl (C=O) groups is 1. The number of rotatable bonds is 6. The molecule has 0 unspecified atom stereocenters. The number of piperidine rings is 1. The number of nitrogens with one attached hydrogen (secondary N) is 1. The lowest BCUT2D eigenvalue weighted by atomic mass is 9.96. The molecule has 2 aromatic rings. The lowest BCUT2D eigenvalue weighted by Gasteiger charge is -2.32. The number of aromatic nitrogens is 1. The third-order valence-electron chi connectivity index (χ3n) is 4.78. The van der Waals surface area contributed by atoms with Crippen molar-refractivity contribution in [3.8, 4) is 11.5 Å². The lowest BCUT2D eigenvalue weighted by Crippen LogP contribution is -2.39. The number of methoxy groups -OCH3 is 2. The lowest BCUT2D eigenvalue weighted by molar-refractivity contribution is 0.0944. The Morgan fingerprint density at radius 3 is 2.58 bits per heavy atom. The first kappa shape index (κ1) is 18.0. The summed E-state index contributed by atoms with van der Waals surface area (Å²) in [4.78, 5) is 19.1. The summed E-state index contributed by atoms with van der Waals surface area (Å²) in [5, 5.41) is 3.04. The summed E-state index contributed by atoms with van der Waals surface area (Å²) in [5.74, 6) is 2.60. The maximum absolute atomic E-state index is 12.4. The maximum Gasteiger partial charge on any atom is 0.251 e. The smallest absolute Gasteiger partial charge is 0.251 e. The Morgan fingerprint density at radius 1 is 1.15 bits per heavy atom. The second kappa shape index (κ2) is 8.56. The highest BCUT2D eigenvalue weighted by molar-refractivity contribution is 5.94. The molecule has 0 atom stereocenters. The molecule has 138 valence electrons. The summed E-state index contributed by atoms with van der Waals surface area (Å²) in [6.07, 6.45) is 3.91. The van der Waals surface area contributed by atoms with E-state index in [0.29, 0.717) is 29.5 Å². The van der Waals surface area contributed by atoms with Crippen LogP contribution in [0.1, 0.15) is 23.2 Å². The standard InChI is InChI=1S/C20H25N3O3/c1-25-17-7-6-16(13-18(17)26-2)20(24)22-14-15-8-11-23(12-9-15)19-5-3-4-10-21-19/h3-7,10,13,15H,8-9,11-12,14H2,1-2H3,(H,22,24). The molecule has 1 aromatic carbocycles. The van der Waals surface area contributed by atoms with E-state index in [9.17, 15) is 4.79 Å². The van der Waals surface area contributed by atoms with Gasteiger partial charge in [-0.05, 0) is 49.1 Å². The maximum atomic E-state index is 12.4. The van der Waals surface area contributed by atoms with Crippen LogP contribution in [0.25, 0.3) is 0 Å². The number of ether oxygens (including phenoxy) is 2. The fourth-order valence-corrected chi connectivity index (χ4v) is 3.22. The number of nitrogens with zero attached hydrogens (tertiary/aromatic N) is 2. The van der Waals surface area contributed by atoms with Crippen LogP contribution in [0.15, 0.2) is 42.6 Å². The van der Waals surface area contributed by atoms with Gasteiger partial charge in [0.05, 0.1) is 14.2 Å². The fourth-order valence-electron chi connectivity index (χ4n) is 3.22. The Hall–Kier alpha value is -2.76. The first-order chi connectivity index (χ1) is 12.7. The minimum atomic E-state index is -0.0851. The largest absolute Gasteiger partial charge is 0.493 e. The fraction of sp³-hybridized carbons (Fsp3) is 0.400. The Balaban J connectivity index is 1.50. The Labute approximate surface area is 154 Å². The number of hydrogen-bond donors (Lipinski definition) is 1. The zero-order valence-electron chi connectivity index (χ0n) is 15.3. The first-order valence-electron chi connectivity index (χ1n) is 8.87. The second-order valence-electron chi connectivity index (χ2n) is 6.40. The van der Waals surface area contributed by atoms with Gasteiger partial charge in [-0.25, -0.2) is 4.98 Å². The van der Waals surface area contributed by atoms with Crippen molar-refractivity contribution >= 4 is 11.7 Å². The van der Waals surface area contributed by atoms with Crippen LogP contribution >= 0.6 is 0 Å². The predicted molar refractivity (Wildman–Crippen MR) is 101 cm³/mol. The van der Waals surface area contributed by atoms with Crippen LogP contribution in [0.3, 0.4) is 0 Å². The van der Waals surface area contributed by atoms with Gasteiger partial charge < -0.3 is 19.7 Å². The van der Waals surface area contributed by atoms with Gasteiger partial charge in [0, 0.05) is 31.4 Å². The molecule has 1 amide bonds. The van der Waals surface area contributed by atoms with Gasteiger partial charge in [0.25, 0.3) is 5.91 Å². The molecule has 0 spiro atoms. The first-order valence-corrected chi connectivity index (χ1v) is 8.87. The molecule has 6 nitrogen and oxygen atoms in total. The molecule has 1 aliphatic heterocycles. The summed E-state index contributed by atoms with van der Waals surface area (Å²) in [5.41, 5.74) is 0.577. The van der Waals surface area contributed by atoms with E-state index in [0.717, 1.165) is 31.7 Å². The second-order valence-corrected chi connectivity index (χ2v) is 6.40. The zero-order valence-corrected chi connectivity index (χ0v) is 15.3. The van der Waals surface area contributed by atoms with E-state index in [4.69, 9.17) is 9.47 Å². The molecule has 1 aliphatic rings. The summed E-state index contributed by atoms with van der Waals surface area (Å²) in [6, 6.07) is 11.2. The molecule has 1 aromatic heterocycles. The van der Waals surface area contributed by atoms with E-state index in [1.54, 1.807) is 32.4 Å². The molecular formula is C20H25N3O3. The summed E-state index contributed by atoms with van der Waals surface area (Å²) >= 11 is 0. The van der Waals surface area contributed by atoms with Gasteiger partial charge in [-0.1, -0.05) is 6.07 Å². The van der Waals surface area contributed by atoms with Gasteiger partial charge >= 0.3 is 0 Å². The molecule has 0 radical (unpaired) electrons. The van der Waals surface area contributed by atoms with Gasteiger partial charge in [-0.2, -0.15) is 0 Å². The van der Waals surface area contributed by atoms with E-state index >= 15 is 0 Å². The Kier molecular flexibility index (Phi) is 5.94. The van der Waals surface area contributed by atoms with Crippen molar-refractivity contribution in [3.63, 3.8) is 0 Å². The highest BCUT2D eigenvalue weighted by Crippen LogP contribution is 2.27. The monoisotopic (exact) mass is 355 g/mol. The molecule has 1 fully saturated rings. The molecule has 6 heteroatoms. The summed E-state index contributed by atoms with van der Waals surface area (Å²) < 4.78 is 10.5. The minimum absolute atomic E-state index is 0.0851. The highest BCUT2D eigenvalue weighted by atomic mass is 16.5. The predicted octanol–water partition coefficient (Wildman–Crippen LogP) is 2.75. The van der Waals surface area contributed by atoms with Crippen LogP contribution in [0, 0.1) is 5.92 Å². The van der Waals surface area contributed by atoms with Crippen molar-refractivity contribution in [1.82, 2.24) is 10.3 Å². The zero-order chi connectivity index (χ0) is 18.4. The van der Waals surface area contributed by atoms with Crippen molar-refractivity contribution in [2.45, 2.75) is 12.8 Å². The number of amides is 1. The van der Waals surface area contributed by atoms with Crippen LogP contribution in [-0.2, 0) is 0 Å². The molecule has 1 saturated heterocycles. The number of hydrogen-bond acceptors (Lipinski definition) is 5. The van der Waals surface area contributed by atoms with Crippen molar-refractivity contribution in [2.75, 3.05) is 38.8 Å². The van der Waals surface area contributed by atoms with Crippen molar-refractivity contribution < 1.29 is 14.3 Å². The summed E-state index contributed by atoms with van der Waals surface area (Å²) in [6.45, 7) is 2.62. The molecule has 3 rings (SSSR count). The number of pyridine rings is 1. The Morgan fingerprint density at radius 2 is 1.92 bits per heavy atom. The molecule has 0 saturated carbocycles. The van der Waals surface area contributed by atoms with Crippen LogP contribution in [0.5, 0.6) is 11.5 Å². The topological polar surface area (TPSA) is 63.7 Å². The normalized spacial score (nSPS) is 14.8. The third-order valence-corrected chi connectivity index (χ3v) is 4.78. The van der Waals surface area contributed by atoms with Crippen molar-refractivity contribution in [2.24, 2.45) is 5.92 Å². The van der Waals surface area contributed by atoms with Gasteiger partial charge in [0.2, 0.25) is 0 Å². The van der Waals surface area contributed by atoms with Crippen molar-refractivity contribution in [3.05, 3.63) is 48.2 Å². The van der Waals surface area contributed by atoms with Gasteiger partial charge in [-0.15, -0.1) is 0 Å².